The number of hydrogen-bond acceptors (Lipinski definition) is 5. The molecule has 24 heavy (non-hydrogen) atoms. The molecule has 1 aromatic heterocycles. The predicted octanol–water partition coefficient (Wildman–Crippen LogP) is 3.77. The average Bonchev–Trinajstić information content (AvgIpc) is 2.99. The highest BCUT2D eigenvalue weighted by Gasteiger charge is 2.23. The van der Waals surface area contributed by atoms with Gasteiger partial charge in [-0.3, -0.25) is 4.79 Å². The second-order valence-corrected chi connectivity index (χ2v) is 7.09. The number of nitrogens with one attached hydrogen (secondary N) is 1. The van der Waals surface area contributed by atoms with Gasteiger partial charge in [0, 0.05) is 34.9 Å². The van der Waals surface area contributed by atoms with E-state index in [1.807, 2.05) is 29.2 Å². The number of nitrogens with zero attached hydrogens (tertiary/aromatic N) is 2. The Morgan fingerprint density at radius 3 is 2.75 bits per heavy atom. The van der Waals surface area contributed by atoms with Crippen LogP contribution in [0.5, 0.6) is 0 Å². The van der Waals surface area contributed by atoms with Crippen molar-refractivity contribution in [1.82, 2.24) is 9.88 Å². The molecular formula is C17H23ClN4OS. The highest BCUT2D eigenvalue weighted by molar-refractivity contribution is 7.15. The molecule has 1 aliphatic rings. The molecule has 2 aromatic rings. The summed E-state index contributed by atoms with van der Waals surface area (Å²) < 4.78 is 0. The van der Waals surface area contributed by atoms with E-state index in [4.69, 9.17) is 5.73 Å². The molecule has 0 aliphatic carbocycles. The topological polar surface area (TPSA) is 71.2 Å². The lowest BCUT2D eigenvalue weighted by atomic mass is 10.0. The zero-order valence-corrected chi connectivity index (χ0v) is 15.3. The number of likely N-dealkylation sites (tertiary alicyclic amines) is 1. The van der Waals surface area contributed by atoms with Crippen LogP contribution in [0.2, 0.25) is 0 Å². The lowest BCUT2D eigenvalue weighted by Crippen LogP contribution is -2.41. The zero-order chi connectivity index (χ0) is 16.2. The summed E-state index contributed by atoms with van der Waals surface area (Å²) in [6, 6.07) is 8.03. The molecular weight excluding hydrogens is 344 g/mol. The van der Waals surface area contributed by atoms with Crippen molar-refractivity contribution >= 4 is 40.5 Å². The third kappa shape index (κ3) is 4.39. The average molecular weight is 367 g/mol. The molecule has 0 bridgehead atoms. The SMILES string of the molecule is CC1CCCCN1C(=O)c1ccc(NCc2cnc(N)s2)cc1.Cl. The number of benzene rings is 1. The highest BCUT2D eigenvalue weighted by atomic mass is 35.5. The lowest BCUT2D eigenvalue weighted by molar-refractivity contribution is 0.0635. The Kier molecular flexibility index (Phi) is 6.45. The Labute approximate surface area is 152 Å². The van der Waals surface area contributed by atoms with Gasteiger partial charge in [0.1, 0.15) is 0 Å². The van der Waals surface area contributed by atoms with Crippen molar-refractivity contribution in [1.29, 1.82) is 0 Å². The monoisotopic (exact) mass is 366 g/mol. The number of nitrogen functional groups attached to an aromatic ring is 1. The number of anilines is 2. The van der Waals surface area contributed by atoms with Gasteiger partial charge in [0.15, 0.2) is 5.13 Å². The van der Waals surface area contributed by atoms with Crippen LogP contribution in [0.15, 0.2) is 30.5 Å². The first kappa shape index (κ1) is 18.5. The minimum absolute atomic E-state index is 0. The quantitative estimate of drug-likeness (QED) is 0.863. The number of amides is 1. The summed E-state index contributed by atoms with van der Waals surface area (Å²) in [6.07, 6.45) is 5.20. The van der Waals surface area contributed by atoms with E-state index >= 15 is 0 Å². The predicted molar refractivity (Wildman–Crippen MR) is 102 cm³/mol. The fourth-order valence-electron chi connectivity index (χ4n) is 2.89. The number of aromatic nitrogens is 1. The van der Waals surface area contributed by atoms with Crippen molar-refractivity contribution in [3.8, 4) is 0 Å². The Hall–Kier alpha value is -1.79. The Balaban J connectivity index is 0.00000208. The number of rotatable bonds is 4. The summed E-state index contributed by atoms with van der Waals surface area (Å²) in [5, 5.41) is 3.90. The van der Waals surface area contributed by atoms with Crippen molar-refractivity contribution in [3.05, 3.63) is 40.9 Å². The van der Waals surface area contributed by atoms with Crippen molar-refractivity contribution in [3.63, 3.8) is 0 Å². The minimum Gasteiger partial charge on any atom is -0.380 e. The van der Waals surface area contributed by atoms with Gasteiger partial charge in [0.25, 0.3) is 5.91 Å². The minimum atomic E-state index is 0. The number of nitrogens with two attached hydrogens (primary N) is 1. The number of piperidine rings is 1. The molecule has 0 spiro atoms. The van der Waals surface area contributed by atoms with Crippen LogP contribution in [-0.2, 0) is 6.54 Å². The van der Waals surface area contributed by atoms with Crippen molar-refractivity contribution < 1.29 is 4.79 Å². The first-order chi connectivity index (χ1) is 11.1. The van der Waals surface area contributed by atoms with E-state index in [1.165, 1.54) is 17.8 Å². The van der Waals surface area contributed by atoms with Crippen LogP contribution in [-0.4, -0.2) is 28.4 Å². The van der Waals surface area contributed by atoms with Gasteiger partial charge in [-0.05, 0) is 50.5 Å². The number of thiazole rings is 1. The fourth-order valence-corrected chi connectivity index (χ4v) is 3.51. The smallest absolute Gasteiger partial charge is 0.254 e. The molecule has 130 valence electrons. The molecule has 0 radical (unpaired) electrons. The van der Waals surface area contributed by atoms with Crippen molar-refractivity contribution in [2.75, 3.05) is 17.6 Å². The molecule has 2 heterocycles. The molecule has 3 N–H and O–H groups in total. The van der Waals surface area contributed by atoms with E-state index in [0.29, 0.717) is 17.7 Å². The first-order valence-electron chi connectivity index (χ1n) is 7.98. The standard InChI is InChI=1S/C17H22N4OS.ClH/c1-12-4-2-3-9-21(12)16(22)13-5-7-14(8-6-13)19-10-15-11-20-17(18)23-15;/h5-8,11-12,19H,2-4,9-10H2,1H3,(H2,18,20);1H. The van der Waals surface area contributed by atoms with Crippen molar-refractivity contribution in [2.45, 2.75) is 38.8 Å². The first-order valence-corrected chi connectivity index (χ1v) is 8.80. The number of carbonyl (C=O) groups is 1. The molecule has 0 saturated carbocycles. The molecule has 3 rings (SSSR count). The molecule has 1 amide bonds. The Morgan fingerprint density at radius 1 is 1.38 bits per heavy atom. The van der Waals surface area contributed by atoms with Gasteiger partial charge in [0.05, 0.1) is 6.54 Å². The summed E-state index contributed by atoms with van der Waals surface area (Å²) >= 11 is 1.48. The normalized spacial score (nSPS) is 17.2. The lowest BCUT2D eigenvalue weighted by Gasteiger charge is -2.33. The second kappa shape index (κ2) is 8.35. The van der Waals surface area contributed by atoms with E-state index in [-0.39, 0.29) is 18.3 Å². The summed E-state index contributed by atoms with van der Waals surface area (Å²) in [5.74, 6) is 0.138. The van der Waals surface area contributed by atoms with E-state index in [2.05, 4.69) is 17.2 Å². The molecule has 7 heteroatoms. The summed E-state index contributed by atoms with van der Waals surface area (Å²) in [7, 11) is 0. The van der Waals surface area contributed by atoms with Crippen LogP contribution >= 0.6 is 23.7 Å². The van der Waals surface area contributed by atoms with Gasteiger partial charge >= 0.3 is 0 Å². The fraction of sp³-hybridized carbons (Fsp3) is 0.412. The van der Waals surface area contributed by atoms with Crippen molar-refractivity contribution in [2.24, 2.45) is 0 Å². The molecule has 5 nitrogen and oxygen atoms in total. The highest BCUT2D eigenvalue weighted by Crippen LogP contribution is 2.21. The van der Waals surface area contributed by atoms with Gasteiger partial charge in [-0.25, -0.2) is 4.98 Å². The zero-order valence-electron chi connectivity index (χ0n) is 13.7. The molecule has 1 aliphatic heterocycles. The molecule has 1 aromatic carbocycles. The number of hydrogen-bond donors (Lipinski definition) is 2. The van der Waals surface area contributed by atoms with Crippen LogP contribution in [0.4, 0.5) is 10.8 Å². The van der Waals surface area contributed by atoms with Gasteiger partial charge in [0.2, 0.25) is 0 Å². The summed E-state index contributed by atoms with van der Waals surface area (Å²) in [5.41, 5.74) is 7.36. The van der Waals surface area contributed by atoms with E-state index in [1.54, 1.807) is 6.20 Å². The van der Waals surface area contributed by atoms with Crippen LogP contribution in [0, 0.1) is 0 Å². The number of carbonyl (C=O) groups excluding carboxylic acids is 1. The van der Waals surface area contributed by atoms with Gasteiger partial charge in [-0.1, -0.05) is 0 Å². The van der Waals surface area contributed by atoms with Gasteiger partial charge < -0.3 is 16.0 Å². The molecule has 1 fully saturated rings. The van der Waals surface area contributed by atoms with E-state index in [0.717, 1.165) is 35.5 Å². The number of halogens is 1. The second-order valence-electron chi connectivity index (χ2n) is 5.94. The maximum atomic E-state index is 12.6. The van der Waals surface area contributed by atoms with Gasteiger partial charge in [-0.15, -0.1) is 23.7 Å². The Bertz CT molecular complexity index is 673. The molecule has 1 unspecified atom stereocenters. The van der Waals surface area contributed by atoms with Crippen LogP contribution in [0.1, 0.15) is 41.4 Å². The van der Waals surface area contributed by atoms with E-state index < -0.39 is 0 Å². The third-order valence-electron chi connectivity index (χ3n) is 4.23. The Morgan fingerprint density at radius 2 is 2.12 bits per heavy atom. The summed E-state index contributed by atoms with van der Waals surface area (Å²) in [4.78, 5) is 19.7. The van der Waals surface area contributed by atoms with Gasteiger partial charge in [-0.2, -0.15) is 0 Å². The largest absolute Gasteiger partial charge is 0.380 e. The molecule has 1 atom stereocenters. The maximum absolute atomic E-state index is 12.6. The van der Waals surface area contributed by atoms with Crippen LogP contribution in [0.3, 0.4) is 0 Å². The summed E-state index contributed by atoms with van der Waals surface area (Å²) in [6.45, 7) is 3.69. The van der Waals surface area contributed by atoms with Crippen LogP contribution in [0.25, 0.3) is 0 Å². The molecule has 1 saturated heterocycles. The third-order valence-corrected chi connectivity index (χ3v) is 5.06. The van der Waals surface area contributed by atoms with E-state index in [9.17, 15) is 4.79 Å². The maximum Gasteiger partial charge on any atom is 0.254 e. The van der Waals surface area contributed by atoms with Crippen LogP contribution < -0.4 is 11.1 Å².